The monoisotopic (exact) mass is 268 g/mol. The molecule has 3 nitrogen and oxygen atoms in total. The molecular formula is C14H14F2O3. The summed E-state index contributed by atoms with van der Waals surface area (Å²) in [7, 11) is 0. The van der Waals surface area contributed by atoms with E-state index in [4.69, 9.17) is 6.42 Å². The van der Waals surface area contributed by atoms with Gasteiger partial charge in [0, 0.05) is 0 Å². The molecule has 0 fully saturated rings. The number of halogens is 2. The third kappa shape index (κ3) is 2.84. The summed E-state index contributed by atoms with van der Waals surface area (Å²) in [6, 6.07) is 5.34. The summed E-state index contributed by atoms with van der Waals surface area (Å²) in [6.45, 7) is 0.461. The number of rotatable bonds is 5. The Bertz CT molecular complexity index is 488. The molecule has 5 heteroatoms. The lowest BCUT2D eigenvalue weighted by atomic mass is 9.72. The molecule has 0 saturated heterocycles. The van der Waals surface area contributed by atoms with Gasteiger partial charge in [0.2, 0.25) is 0 Å². The number of hydrogen-bond donors (Lipinski definition) is 1. The predicted octanol–water partition coefficient (Wildman–Crippen LogP) is 2.90. The Morgan fingerprint density at radius 2 is 1.89 bits per heavy atom. The maximum atomic E-state index is 12.0. The van der Waals surface area contributed by atoms with E-state index in [-0.39, 0.29) is 11.7 Å². The van der Waals surface area contributed by atoms with Crippen LogP contribution in [0.5, 0.6) is 5.75 Å². The fourth-order valence-corrected chi connectivity index (χ4v) is 1.91. The maximum absolute atomic E-state index is 12.0. The normalized spacial score (nSPS) is 13.9. The van der Waals surface area contributed by atoms with Crippen LogP contribution in [-0.4, -0.2) is 17.7 Å². The zero-order valence-electron chi connectivity index (χ0n) is 10.6. The second kappa shape index (κ2) is 5.70. The first-order chi connectivity index (χ1) is 8.84. The highest BCUT2D eigenvalue weighted by Crippen LogP contribution is 2.33. The van der Waals surface area contributed by atoms with Crippen molar-refractivity contribution in [2.24, 2.45) is 5.92 Å². The maximum Gasteiger partial charge on any atom is 0.387 e. The molecule has 1 aromatic rings. The largest absolute Gasteiger partial charge is 0.480 e. The van der Waals surface area contributed by atoms with Gasteiger partial charge in [0.1, 0.15) is 5.75 Å². The first-order valence-corrected chi connectivity index (χ1v) is 5.61. The summed E-state index contributed by atoms with van der Waals surface area (Å²) in [5.41, 5.74) is -1.12. The van der Waals surface area contributed by atoms with E-state index in [0.29, 0.717) is 5.56 Å². The molecule has 0 spiro atoms. The molecule has 1 rings (SSSR count). The van der Waals surface area contributed by atoms with Crippen molar-refractivity contribution in [1.82, 2.24) is 0 Å². The van der Waals surface area contributed by atoms with Gasteiger partial charge in [-0.25, -0.2) is 0 Å². The molecule has 0 radical (unpaired) electrons. The highest BCUT2D eigenvalue weighted by atomic mass is 19.3. The number of aliphatic carboxylic acids is 1. The van der Waals surface area contributed by atoms with Crippen molar-refractivity contribution in [2.45, 2.75) is 25.9 Å². The third-order valence-electron chi connectivity index (χ3n) is 2.97. The van der Waals surface area contributed by atoms with Gasteiger partial charge in [-0.2, -0.15) is 8.78 Å². The number of benzene rings is 1. The highest BCUT2D eigenvalue weighted by molar-refractivity contribution is 5.86. The van der Waals surface area contributed by atoms with E-state index in [1.165, 1.54) is 24.3 Å². The van der Waals surface area contributed by atoms with Crippen LogP contribution in [0, 0.1) is 18.3 Å². The molecule has 1 aromatic carbocycles. The zero-order chi connectivity index (χ0) is 14.6. The van der Waals surface area contributed by atoms with Gasteiger partial charge in [0.05, 0.1) is 0 Å². The van der Waals surface area contributed by atoms with E-state index in [1.54, 1.807) is 13.8 Å². The number of ether oxygens (including phenoxy) is 1. The SMILES string of the molecule is C#CC(C(=O)O)(c1ccc(OC(F)F)cc1)C(C)C. The summed E-state index contributed by atoms with van der Waals surface area (Å²) in [4.78, 5) is 11.5. The Kier molecular flexibility index (Phi) is 4.49. The van der Waals surface area contributed by atoms with Crippen LogP contribution in [0.1, 0.15) is 19.4 Å². The van der Waals surface area contributed by atoms with Crippen molar-refractivity contribution in [3.05, 3.63) is 29.8 Å². The number of hydrogen-bond acceptors (Lipinski definition) is 2. The number of carboxylic acids is 1. The van der Waals surface area contributed by atoms with E-state index in [0.717, 1.165) is 0 Å². The van der Waals surface area contributed by atoms with Gasteiger partial charge in [-0.3, -0.25) is 4.79 Å². The van der Waals surface area contributed by atoms with E-state index in [2.05, 4.69) is 10.7 Å². The van der Waals surface area contributed by atoms with Crippen molar-refractivity contribution in [3.8, 4) is 18.1 Å². The number of carbonyl (C=O) groups is 1. The smallest absolute Gasteiger partial charge is 0.387 e. The lowest BCUT2D eigenvalue weighted by molar-refractivity contribution is -0.143. The average Bonchev–Trinajstić information content (AvgIpc) is 2.31. The lowest BCUT2D eigenvalue weighted by Crippen LogP contribution is -2.39. The quantitative estimate of drug-likeness (QED) is 0.835. The van der Waals surface area contributed by atoms with Gasteiger partial charge >= 0.3 is 12.6 Å². The Hall–Kier alpha value is -2.09. The molecule has 0 bridgehead atoms. The molecule has 1 N–H and O–H groups in total. The Balaban J connectivity index is 3.20. The van der Waals surface area contributed by atoms with Crippen LogP contribution < -0.4 is 4.74 Å². The molecule has 0 aliphatic heterocycles. The number of terminal acetylenes is 1. The van der Waals surface area contributed by atoms with Gasteiger partial charge < -0.3 is 9.84 Å². The van der Waals surface area contributed by atoms with Crippen molar-refractivity contribution in [1.29, 1.82) is 0 Å². The van der Waals surface area contributed by atoms with Crippen molar-refractivity contribution < 1.29 is 23.4 Å². The summed E-state index contributed by atoms with van der Waals surface area (Å²) >= 11 is 0. The predicted molar refractivity (Wildman–Crippen MR) is 66.1 cm³/mol. The molecule has 1 atom stereocenters. The van der Waals surface area contributed by atoms with E-state index >= 15 is 0 Å². The second-order valence-electron chi connectivity index (χ2n) is 4.32. The Morgan fingerprint density at radius 1 is 1.37 bits per heavy atom. The van der Waals surface area contributed by atoms with Gasteiger partial charge in [-0.05, 0) is 23.6 Å². The van der Waals surface area contributed by atoms with Crippen LogP contribution in [0.4, 0.5) is 8.78 Å². The van der Waals surface area contributed by atoms with Crippen LogP contribution in [-0.2, 0) is 10.2 Å². The molecule has 0 aliphatic carbocycles. The van der Waals surface area contributed by atoms with Gasteiger partial charge in [-0.1, -0.05) is 31.9 Å². The molecular weight excluding hydrogens is 254 g/mol. The van der Waals surface area contributed by atoms with Crippen LogP contribution >= 0.6 is 0 Å². The van der Waals surface area contributed by atoms with E-state index < -0.39 is 18.0 Å². The summed E-state index contributed by atoms with van der Waals surface area (Å²) in [5, 5.41) is 9.37. The molecule has 0 heterocycles. The van der Waals surface area contributed by atoms with Gasteiger partial charge in [0.15, 0.2) is 5.41 Å². The minimum atomic E-state index is -2.92. The molecule has 0 amide bonds. The minimum Gasteiger partial charge on any atom is -0.480 e. The Morgan fingerprint density at radius 3 is 2.21 bits per heavy atom. The second-order valence-corrected chi connectivity index (χ2v) is 4.32. The van der Waals surface area contributed by atoms with Crippen molar-refractivity contribution in [3.63, 3.8) is 0 Å². The van der Waals surface area contributed by atoms with Gasteiger partial charge in [0.25, 0.3) is 0 Å². The molecule has 0 saturated carbocycles. The van der Waals surface area contributed by atoms with E-state index in [9.17, 15) is 18.7 Å². The topological polar surface area (TPSA) is 46.5 Å². The summed E-state index contributed by atoms with van der Waals surface area (Å²) in [5.74, 6) is 0.764. The van der Waals surface area contributed by atoms with Crippen LogP contribution in [0.15, 0.2) is 24.3 Å². The third-order valence-corrected chi connectivity index (χ3v) is 2.97. The van der Waals surface area contributed by atoms with E-state index in [1.807, 2.05) is 0 Å². The summed E-state index contributed by atoms with van der Waals surface area (Å²) in [6.07, 6.45) is 5.38. The van der Waals surface area contributed by atoms with Crippen molar-refractivity contribution >= 4 is 5.97 Å². The number of carboxylic acid groups (broad SMARTS) is 1. The molecule has 0 aliphatic rings. The highest BCUT2D eigenvalue weighted by Gasteiger charge is 2.41. The number of alkyl halides is 2. The van der Waals surface area contributed by atoms with Gasteiger partial charge in [-0.15, -0.1) is 6.42 Å². The fourth-order valence-electron chi connectivity index (χ4n) is 1.91. The first-order valence-electron chi connectivity index (χ1n) is 5.61. The minimum absolute atomic E-state index is 0.0428. The fraction of sp³-hybridized carbons (Fsp3) is 0.357. The zero-order valence-corrected chi connectivity index (χ0v) is 10.6. The molecule has 0 aromatic heterocycles. The molecule has 19 heavy (non-hydrogen) atoms. The molecule has 1 unspecified atom stereocenters. The van der Waals surface area contributed by atoms with Crippen molar-refractivity contribution in [2.75, 3.05) is 0 Å². The first kappa shape index (κ1) is 15.0. The van der Waals surface area contributed by atoms with Crippen LogP contribution in [0.2, 0.25) is 0 Å². The Labute approximate surface area is 110 Å². The lowest BCUT2D eigenvalue weighted by Gasteiger charge is -2.28. The standard InChI is InChI=1S/C14H14F2O3/c1-4-14(9(2)3,12(17)18)10-5-7-11(8-6-10)19-13(15)16/h1,5-9,13H,2-3H3,(H,17,18). The van der Waals surface area contributed by atoms with Crippen LogP contribution in [0.25, 0.3) is 0 Å². The molecule has 102 valence electrons. The summed E-state index contributed by atoms with van der Waals surface area (Å²) < 4.78 is 28.3. The van der Waals surface area contributed by atoms with Crippen LogP contribution in [0.3, 0.4) is 0 Å². The average molecular weight is 268 g/mol.